The zero-order valence-electron chi connectivity index (χ0n) is 15.4. The average molecular weight is 395 g/mol. The smallest absolute Gasteiger partial charge is 0.309 e. The number of ether oxygens (including phenoxy) is 2. The Morgan fingerprint density at radius 2 is 1.74 bits per heavy atom. The minimum atomic E-state index is -3.60. The van der Waals surface area contributed by atoms with E-state index in [1.807, 2.05) is 0 Å². The van der Waals surface area contributed by atoms with Crippen molar-refractivity contribution in [1.29, 1.82) is 0 Å². The van der Waals surface area contributed by atoms with Crippen LogP contribution >= 0.6 is 0 Å². The van der Waals surface area contributed by atoms with Crippen LogP contribution in [-0.2, 0) is 24.3 Å². The largest absolute Gasteiger partial charge is 0.497 e. The van der Waals surface area contributed by atoms with Crippen LogP contribution in [-0.4, -0.2) is 50.8 Å². The summed E-state index contributed by atoms with van der Waals surface area (Å²) in [4.78, 5) is 24.4. The lowest BCUT2D eigenvalue weighted by Gasteiger charge is -2.31. The summed E-state index contributed by atoms with van der Waals surface area (Å²) in [5, 5.41) is 0. The fraction of sp³-hybridized carbons (Fsp3) is 0.579. The second-order valence-electron chi connectivity index (χ2n) is 6.99. The van der Waals surface area contributed by atoms with Gasteiger partial charge in [0.25, 0.3) is 0 Å². The van der Waals surface area contributed by atoms with Gasteiger partial charge in [-0.05, 0) is 56.4 Å². The molecule has 1 aliphatic carbocycles. The van der Waals surface area contributed by atoms with Gasteiger partial charge >= 0.3 is 5.97 Å². The van der Waals surface area contributed by atoms with E-state index in [1.54, 1.807) is 12.1 Å². The number of piperidine rings is 1. The van der Waals surface area contributed by atoms with Gasteiger partial charge in [0.1, 0.15) is 5.75 Å². The van der Waals surface area contributed by atoms with E-state index in [4.69, 9.17) is 9.47 Å². The summed E-state index contributed by atoms with van der Waals surface area (Å²) in [6, 6.07) is 6.25. The first-order valence-electron chi connectivity index (χ1n) is 9.29. The van der Waals surface area contributed by atoms with Crippen LogP contribution in [0.15, 0.2) is 29.2 Å². The minimum Gasteiger partial charge on any atom is -0.497 e. The molecule has 8 heteroatoms. The number of ketones is 1. The van der Waals surface area contributed by atoms with E-state index in [-0.39, 0.29) is 35.7 Å². The second-order valence-corrected chi connectivity index (χ2v) is 8.93. The van der Waals surface area contributed by atoms with Gasteiger partial charge in [-0.15, -0.1) is 0 Å². The van der Waals surface area contributed by atoms with Gasteiger partial charge in [-0.2, -0.15) is 4.31 Å². The summed E-state index contributed by atoms with van der Waals surface area (Å²) < 4.78 is 37.3. The highest BCUT2D eigenvalue weighted by atomic mass is 32.2. The molecule has 0 bridgehead atoms. The lowest BCUT2D eigenvalue weighted by Crippen LogP contribution is -2.41. The third kappa shape index (κ3) is 4.50. The van der Waals surface area contributed by atoms with Crippen molar-refractivity contribution in [2.24, 2.45) is 5.92 Å². The van der Waals surface area contributed by atoms with Gasteiger partial charge < -0.3 is 9.47 Å². The summed E-state index contributed by atoms with van der Waals surface area (Å²) in [6.45, 7) is 0.513. The molecule has 27 heavy (non-hydrogen) atoms. The molecule has 148 valence electrons. The van der Waals surface area contributed by atoms with Gasteiger partial charge in [0.15, 0.2) is 11.9 Å². The highest BCUT2D eigenvalue weighted by Crippen LogP contribution is 2.27. The molecule has 0 unspecified atom stereocenters. The normalized spacial score (nSPS) is 22.4. The maximum absolute atomic E-state index is 12.7. The third-order valence-corrected chi connectivity index (χ3v) is 7.15. The van der Waals surface area contributed by atoms with Gasteiger partial charge in [0, 0.05) is 19.5 Å². The van der Waals surface area contributed by atoms with Gasteiger partial charge in [-0.1, -0.05) is 0 Å². The Labute approximate surface area is 159 Å². The highest BCUT2D eigenvalue weighted by Gasteiger charge is 2.35. The van der Waals surface area contributed by atoms with Crippen LogP contribution in [0, 0.1) is 5.92 Å². The summed E-state index contributed by atoms with van der Waals surface area (Å²) in [7, 11) is -2.08. The predicted molar refractivity (Wildman–Crippen MR) is 97.8 cm³/mol. The van der Waals surface area contributed by atoms with Crippen molar-refractivity contribution < 1.29 is 27.5 Å². The number of sulfonamides is 1. The number of carbonyl (C=O) groups is 2. The molecule has 2 aliphatic rings. The molecule has 0 N–H and O–H groups in total. The van der Waals surface area contributed by atoms with E-state index in [1.165, 1.54) is 23.5 Å². The van der Waals surface area contributed by atoms with E-state index in [0.29, 0.717) is 31.4 Å². The Kier molecular flexibility index (Phi) is 6.16. The molecule has 0 amide bonds. The Balaban J connectivity index is 1.57. The van der Waals surface area contributed by atoms with E-state index >= 15 is 0 Å². The Morgan fingerprint density at radius 3 is 2.33 bits per heavy atom. The number of rotatable bonds is 5. The molecule has 1 aromatic rings. The van der Waals surface area contributed by atoms with Gasteiger partial charge in [0.05, 0.1) is 17.9 Å². The molecular weight excluding hydrogens is 370 g/mol. The fourth-order valence-electron chi connectivity index (χ4n) is 3.54. The van der Waals surface area contributed by atoms with Crippen molar-refractivity contribution in [3.05, 3.63) is 24.3 Å². The first-order valence-corrected chi connectivity index (χ1v) is 10.7. The number of hydrogen-bond donors (Lipinski definition) is 0. The molecule has 0 spiro atoms. The molecule has 2 fully saturated rings. The number of carbonyl (C=O) groups excluding carboxylic acids is 2. The zero-order valence-corrected chi connectivity index (χ0v) is 16.2. The summed E-state index contributed by atoms with van der Waals surface area (Å²) in [5.41, 5.74) is 0. The van der Waals surface area contributed by atoms with Crippen LogP contribution in [0.1, 0.15) is 38.5 Å². The molecule has 7 nitrogen and oxygen atoms in total. The van der Waals surface area contributed by atoms with Crippen LogP contribution in [0.4, 0.5) is 0 Å². The fourth-order valence-corrected chi connectivity index (χ4v) is 5.01. The number of Topliss-reactive ketones (excluding diaryl/α,β-unsaturated/α-hetero) is 1. The van der Waals surface area contributed by atoms with Crippen molar-refractivity contribution in [2.45, 2.75) is 49.5 Å². The lowest BCUT2D eigenvalue weighted by atomic mass is 9.95. The molecule has 1 heterocycles. The molecule has 0 radical (unpaired) electrons. The first kappa shape index (κ1) is 19.8. The van der Waals surface area contributed by atoms with Crippen molar-refractivity contribution in [3.63, 3.8) is 0 Å². The lowest BCUT2D eigenvalue weighted by molar-refractivity contribution is -0.161. The maximum atomic E-state index is 12.7. The Hall–Kier alpha value is -1.93. The molecule has 1 aliphatic heterocycles. The minimum absolute atomic E-state index is 0.00544. The zero-order chi connectivity index (χ0) is 19.4. The molecule has 0 aromatic heterocycles. The molecule has 1 atom stereocenters. The first-order chi connectivity index (χ1) is 12.9. The van der Waals surface area contributed by atoms with Crippen LogP contribution < -0.4 is 4.74 Å². The van der Waals surface area contributed by atoms with E-state index in [9.17, 15) is 18.0 Å². The van der Waals surface area contributed by atoms with Crippen molar-refractivity contribution in [3.8, 4) is 5.75 Å². The van der Waals surface area contributed by atoms with E-state index in [0.717, 1.165) is 12.8 Å². The van der Waals surface area contributed by atoms with E-state index < -0.39 is 16.1 Å². The van der Waals surface area contributed by atoms with Crippen molar-refractivity contribution in [2.75, 3.05) is 20.2 Å². The number of benzene rings is 1. The molecule has 1 saturated heterocycles. The van der Waals surface area contributed by atoms with Gasteiger partial charge in [-0.25, -0.2) is 8.42 Å². The quantitative estimate of drug-likeness (QED) is 0.710. The average Bonchev–Trinajstić information content (AvgIpc) is 2.70. The van der Waals surface area contributed by atoms with Crippen molar-refractivity contribution >= 4 is 21.8 Å². The highest BCUT2D eigenvalue weighted by molar-refractivity contribution is 7.89. The van der Waals surface area contributed by atoms with Crippen LogP contribution in [0.2, 0.25) is 0 Å². The van der Waals surface area contributed by atoms with Crippen molar-refractivity contribution in [1.82, 2.24) is 4.31 Å². The van der Waals surface area contributed by atoms with Gasteiger partial charge in [0.2, 0.25) is 10.0 Å². The summed E-state index contributed by atoms with van der Waals surface area (Å²) in [6.07, 6.45) is 2.99. The molecule has 3 rings (SSSR count). The van der Waals surface area contributed by atoms with Crippen LogP contribution in [0.3, 0.4) is 0 Å². The number of methoxy groups -OCH3 is 1. The van der Waals surface area contributed by atoms with Gasteiger partial charge in [-0.3, -0.25) is 9.59 Å². The van der Waals surface area contributed by atoms with E-state index in [2.05, 4.69) is 0 Å². The van der Waals surface area contributed by atoms with Crippen LogP contribution in [0.5, 0.6) is 5.75 Å². The molecule has 1 saturated carbocycles. The number of hydrogen-bond acceptors (Lipinski definition) is 6. The third-order valence-electron chi connectivity index (χ3n) is 5.24. The maximum Gasteiger partial charge on any atom is 0.309 e. The number of nitrogens with zero attached hydrogens (tertiary/aromatic N) is 1. The molecule has 1 aromatic carbocycles. The van der Waals surface area contributed by atoms with Crippen LogP contribution in [0.25, 0.3) is 0 Å². The topological polar surface area (TPSA) is 90.0 Å². The SMILES string of the molecule is COc1ccc(S(=O)(=O)N2CCC(C(=O)O[C@H]3CCCCC3=O)CC2)cc1. The Morgan fingerprint density at radius 1 is 1.07 bits per heavy atom. The monoisotopic (exact) mass is 395 g/mol. The second kappa shape index (κ2) is 8.39. The summed E-state index contributed by atoms with van der Waals surface area (Å²) in [5.74, 6) is -0.152. The standard InChI is InChI=1S/C19H25NO6S/c1-25-15-6-8-16(9-7-15)27(23,24)20-12-10-14(11-13-20)19(22)26-18-5-3-2-4-17(18)21/h6-9,14,18H,2-5,10-13H2,1H3/t18-/m0/s1. The Bertz CT molecular complexity index is 781. The molecular formula is C19H25NO6S. The number of esters is 1. The summed E-state index contributed by atoms with van der Waals surface area (Å²) >= 11 is 0. The predicted octanol–water partition coefficient (Wildman–Crippen LogP) is 2.15.